The van der Waals surface area contributed by atoms with Crippen LogP contribution in [0.3, 0.4) is 0 Å². The molecule has 0 unspecified atom stereocenters. The Morgan fingerprint density at radius 3 is 1.90 bits per heavy atom. The van der Waals surface area contributed by atoms with Gasteiger partial charge in [0.05, 0.1) is 13.0 Å². The van der Waals surface area contributed by atoms with Crippen LogP contribution in [0.4, 0.5) is 0 Å². The Bertz CT molecular complexity index is 440. The third-order valence-electron chi connectivity index (χ3n) is 5.89. The normalized spacial score (nSPS) is 14.8. The fraction of sp³-hybridized carbons (Fsp3) is 0.917. The van der Waals surface area contributed by atoms with E-state index in [4.69, 9.17) is 16.3 Å². The lowest BCUT2D eigenvalue weighted by Gasteiger charge is -2.34. The van der Waals surface area contributed by atoms with Crippen LogP contribution in [-0.4, -0.2) is 66.9 Å². The number of hydrogen-bond acceptors (Lipinski definition) is 4. The summed E-state index contributed by atoms with van der Waals surface area (Å²) in [6.45, 7) is 7.02. The van der Waals surface area contributed by atoms with Crippen molar-refractivity contribution in [1.82, 2.24) is 9.80 Å². The van der Waals surface area contributed by atoms with E-state index in [0.717, 1.165) is 52.0 Å². The maximum absolute atomic E-state index is 12.3. The van der Waals surface area contributed by atoms with Gasteiger partial charge in [-0.25, -0.2) is 0 Å². The van der Waals surface area contributed by atoms with Crippen LogP contribution in [0.1, 0.15) is 96.8 Å². The molecular weight excluding hydrogens is 400 g/mol. The zero-order chi connectivity index (χ0) is 21.9. The van der Waals surface area contributed by atoms with E-state index in [-0.39, 0.29) is 24.7 Å². The first-order valence-electron chi connectivity index (χ1n) is 12.4. The summed E-state index contributed by atoms with van der Waals surface area (Å²) in [4.78, 5) is 28.4. The van der Waals surface area contributed by atoms with Gasteiger partial charge in [0, 0.05) is 38.5 Å². The Balaban J connectivity index is 1.91. The van der Waals surface area contributed by atoms with E-state index in [2.05, 4.69) is 11.8 Å². The molecule has 0 bridgehead atoms. The number of esters is 1. The van der Waals surface area contributed by atoms with Crippen LogP contribution in [0.2, 0.25) is 0 Å². The number of carbonyl (C=O) groups is 2. The summed E-state index contributed by atoms with van der Waals surface area (Å²) in [5.41, 5.74) is 0. The number of piperazine rings is 1. The van der Waals surface area contributed by atoms with Crippen LogP contribution in [0.5, 0.6) is 0 Å². The lowest BCUT2D eigenvalue weighted by atomic mass is 10.1. The van der Waals surface area contributed by atoms with E-state index < -0.39 is 0 Å². The second-order valence-corrected chi connectivity index (χ2v) is 8.90. The van der Waals surface area contributed by atoms with Gasteiger partial charge >= 0.3 is 5.97 Å². The van der Waals surface area contributed by atoms with Gasteiger partial charge in [-0.3, -0.25) is 14.5 Å². The molecule has 176 valence electrons. The lowest BCUT2D eigenvalue weighted by Crippen LogP contribution is -2.48. The van der Waals surface area contributed by atoms with Gasteiger partial charge in [0.1, 0.15) is 0 Å². The number of unbranched alkanes of at least 4 members (excludes halogenated alkanes) is 10. The van der Waals surface area contributed by atoms with Gasteiger partial charge in [0.25, 0.3) is 0 Å². The van der Waals surface area contributed by atoms with Gasteiger partial charge in [-0.15, -0.1) is 11.6 Å². The van der Waals surface area contributed by atoms with Crippen LogP contribution in [0.15, 0.2) is 0 Å². The predicted octanol–water partition coefficient (Wildman–Crippen LogP) is 5.39. The topological polar surface area (TPSA) is 49.9 Å². The maximum atomic E-state index is 12.3. The first kappa shape index (κ1) is 27.2. The van der Waals surface area contributed by atoms with Crippen molar-refractivity contribution in [2.45, 2.75) is 96.8 Å². The molecule has 30 heavy (non-hydrogen) atoms. The largest absolute Gasteiger partial charge is 0.466 e. The molecule has 0 aromatic rings. The molecule has 1 rings (SSSR count). The SMILES string of the molecule is CCCCCCCCCCCCCOC(=O)CCC(=O)N1CCN(CCCCl)CC1. The smallest absolute Gasteiger partial charge is 0.306 e. The molecular formula is C24H45ClN2O3. The fourth-order valence-electron chi connectivity index (χ4n) is 3.90. The van der Waals surface area contributed by atoms with Crippen LogP contribution < -0.4 is 0 Å². The average Bonchev–Trinajstić information content (AvgIpc) is 2.77. The molecule has 0 atom stereocenters. The van der Waals surface area contributed by atoms with Gasteiger partial charge < -0.3 is 9.64 Å². The summed E-state index contributed by atoms with van der Waals surface area (Å²) in [7, 11) is 0. The van der Waals surface area contributed by atoms with Crippen molar-refractivity contribution >= 4 is 23.5 Å². The zero-order valence-corrected chi connectivity index (χ0v) is 20.1. The van der Waals surface area contributed by atoms with E-state index in [1.54, 1.807) is 0 Å². The van der Waals surface area contributed by atoms with Gasteiger partial charge in [-0.05, 0) is 19.4 Å². The molecule has 1 amide bonds. The van der Waals surface area contributed by atoms with Gasteiger partial charge in [-0.1, -0.05) is 71.1 Å². The van der Waals surface area contributed by atoms with Crippen molar-refractivity contribution < 1.29 is 14.3 Å². The Morgan fingerprint density at radius 2 is 1.33 bits per heavy atom. The molecule has 0 N–H and O–H groups in total. The van der Waals surface area contributed by atoms with E-state index in [9.17, 15) is 9.59 Å². The van der Waals surface area contributed by atoms with Gasteiger partial charge in [-0.2, -0.15) is 0 Å². The standard InChI is InChI=1S/C24H45ClN2O3/c1-2-3-4-5-6-7-8-9-10-11-12-22-30-24(29)15-14-23(28)27-20-18-26(19-21-27)17-13-16-25/h2-22H2,1H3. The van der Waals surface area contributed by atoms with Crippen molar-refractivity contribution in [1.29, 1.82) is 0 Å². The number of halogens is 1. The van der Waals surface area contributed by atoms with E-state index in [0.29, 0.717) is 12.5 Å². The number of carbonyl (C=O) groups excluding carboxylic acids is 2. The average molecular weight is 445 g/mol. The van der Waals surface area contributed by atoms with Crippen molar-refractivity contribution in [2.75, 3.05) is 45.2 Å². The van der Waals surface area contributed by atoms with Crippen LogP contribution in [0.25, 0.3) is 0 Å². The predicted molar refractivity (Wildman–Crippen MR) is 125 cm³/mol. The van der Waals surface area contributed by atoms with Crippen molar-refractivity contribution in [3.8, 4) is 0 Å². The monoisotopic (exact) mass is 444 g/mol. The van der Waals surface area contributed by atoms with Crippen molar-refractivity contribution in [2.24, 2.45) is 0 Å². The van der Waals surface area contributed by atoms with Crippen molar-refractivity contribution in [3.05, 3.63) is 0 Å². The Kier molecular flexibility index (Phi) is 17.2. The number of hydrogen-bond donors (Lipinski definition) is 0. The molecule has 0 aromatic heterocycles. The molecule has 1 fully saturated rings. The molecule has 0 radical (unpaired) electrons. The van der Waals surface area contributed by atoms with Gasteiger partial charge in [0.2, 0.25) is 5.91 Å². The summed E-state index contributed by atoms with van der Waals surface area (Å²) < 4.78 is 5.29. The first-order valence-corrected chi connectivity index (χ1v) is 12.9. The van der Waals surface area contributed by atoms with Crippen molar-refractivity contribution in [3.63, 3.8) is 0 Å². The van der Waals surface area contributed by atoms with E-state index in [1.807, 2.05) is 4.90 Å². The first-order chi connectivity index (χ1) is 14.7. The van der Waals surface area contributed by atoms with Gasteiger partial charge in [0.15, 0.2) is 0 Å². The second kappa shape index (κ2) is 18.9. The maximum Gasteiger partial charge on any atom is 0.306 e. The highest BCUT2D eigenvalue weighted by atomic mass is 35.5. The second-order valence-electron chi connectivity index (χ2n) is 8.52. The molecule has 0 aliphatic carbocycles. The minimum absolute atomic E-state index is 0.0682. The quantitative estimate of drug-likeness (QED) is 0.161. The molecule has 0 saturated carbocycles. The number of rotatable bonds is 18. The molecule has 5 nitrogen and oxygen atoms in total. The Morgan fingerprint density at radius 1 is 0.767 bits per heavy atom. The molecule has 6 heteroatoms. The molecule has 1 heterocycles. The highest BCUT2D eigenvalue weighted by Crippen LogP contribution is 2.11. The minimum Gasteiger partial charge on any atom is -0.466 e. The molecule has 1 aliphatic rings. The Labute approximate surface area is 189 Å². The number of ether oxygens (including phenoxy) is 1. The van der Waals surface area contributed by atoms with Crippen LogP contribution in [0, 0.1) is 0 Å². The summed E-state index contributed by atoms with van der Waals surface area (Å²) >= 11 is 5.73. The highest BCUT2D eigenvalue weighted by molar-refractivity contribution is 6.17. The number of alkyl halides is 1. The number of amides is 1. The highest BCUT2D eigenvalue weighted by Gasteiger charge is 2.21. The molecule has 0 aromatic carbocycles. The van der Waals surface area contributed by atoms with Crippen LogP contribution in [-0.2, 0) is 14.3 Å². The summed E-state index contributed by atoms with van der Waals surface area (Å²) in [6.07, 6.45) is 15.5. The minimum atomic E-state index is -0.240. The summed E-state index contributed by atoms with van der Waals surface area (Å²) in [5, 5.41) is 0. The fourth-order valence-corrected chi connectivity index (χ4v) is 4.02. The molecule has 0 spiro atoms. The molecule has 1 saturated heterocycles. The van der Waals surface area contributed by atoms with E-state index in [1.165, 1.54) is 57.8 Å². The Hall–Kier alpha value is -0.810. The summed E-state index contributed by atoms with van der Waals surface area (Å²) in [5.74, 6) is 0.510. The zero-order valence-electron chi connectivity index (χ0n) is 19.3. The third kappa shape index (κ3) is 14.2. The third-order valence-corrected chi connectivity index (χ3v) is 6.15. The summed E-state index contributed by atoms with van der Waals surface area (Å²) in [6, 6.07) is 0. The lowest BCUT2D eigenvalue weighted by molar-refractivity contribution is -0.146. The molecule has 1 aliphatic heterocycles. The van der Waals surface area contributed by atoms with Crippen LogP contribution >= 0.6 is 11.6 Å². The number of nitrogens with zero attached hydrogens (tertiary/aromatic N) is 2. The van der Waals surface area contributed by atoms with E-state index >= 15 is 0 Å².